The topological polar surface area (TPSA) is 108 Å². The molecule has 1 unspecified atom stereocenters. The van der Waals surface area contributed by atoms with Crippen LogP contribution < -0.4 is 5.32 Å². The fourth-order valence-electron chi connectivity index (χ4n) is 2.87. The van der Waals surface area contributed by atoms with E-state index in [9.17, 15) is 19.5 Å². The Hall–Kier alpha value is -2.15. The molecule has 1 aromatic rings. The van der Waals surface area contributed by atoms with Gasteiger partial charge in [-0.1, -0.05) is 6.92 Å². The van der Waals surface area contributed by atoms with Crippen LogP contribution in [0.3, 0.4) is 0 Å². The molecule has 3 N–H and O–H groups in total. The fraction of sp³-hybridized carbons (Fsp3) is 0.533. The summed E-state index contributed by atoms with van der Waals surface area (Å²) in [7, 11) is 0. The van der Waals surface area contributed by atoms with Gasteiger partial charge in [-0.2, -0.15) is 0 Å². The molecule has 22 heavy (non-hydrogen) atoms. The number of carbonyl (C=O) groups excluding carboxylic acids is 2. The van der Waals surface area contributed by atoms with E-state index in [4.69, 9.17) is 4.74 Å². The van der Waals surface area contributed by atoms with E-state index >= 15 is 0 Å². The van der Waals surface area contributed by atoms with Crippen LogP contribution in [0.25, 0.3) is 0 Å². The molecule has 0 aliphatic carbocycles. The van der Waals surface area contributed by atoms with Crippen molar-refractivity contribution in [1.29, 1.82) is 0 Å². The van der Waals surface area contributed by atoms with Gasteiger partial charge in [-0.15, -0.1) is 0 Å². The van der Waals surface area contributed by atoms with Crippen molar-refractivity contribution in [2.45, 2.75) is 39.2 Å². The summed E-state index contributed by atoms with van der Waals surface area (Å²) in [5.74, 6) is -1.77. The normalized spacial score (nSPS) is 20.9. The van der Waals surface area contributed by atoms with Crippen LogP contribution in [0.5, 0.6) is 0 Å². The van der Waals surface area contributed by atoms with Crippen LogP contribution in [0.4, 0.5) is 0 Å². The third kappa shape index (κ3) is 2.64. The number of H-pyrrole nitrogens is 1. The summed E-state index contributed by atoms with van der Waals surface area (Å²) in [5.41, 5.74) is 0.568. The lowest BCUT2D eigenvalue weighted by Gasteiger charge is -2.23. The van der Waals surface area contributed by atoms with Gasteiger partial charge >= 0.3 is 5.97 Å². The minimum Gasteiger partial charge on any atom is -0.479 e. The lowest BCUT2D eigenvalue weighted by atomic mass is 9.97. The molecule has 120 valence electrons. The number of amides is 1. The molecule has 2 heterocycles. The Bertz CT molecular complexity index is 626. The Morgan fingerprint density at radius 1 is 1.41 bits per heavy atom. The number of aromatic amines is 1. The van der Waals surface area contributed by atoms with Crippen LogP contribution in [0.15, 0.2) is 0 Å². The predicted molar refractivity (Wildman–Crippen MR) is 78.2 cm³/mol. The van der Waals surface area contributed by atoms with E-state index in [0.717, 1.165) is 0 Å². The van der Waals surface area contributed by atoms with E-state index in [1.807, 2.05) is 6.92 Å². The number of carbonyl (C=O) groups is 3. The first-order valence-electron chi connectivity index (χ1n) is 7.18. The number of hydrogen-bond donors (Lipinski definition) is 3. The predicted octanol–water partition coefficient (Wildman–Crippen LogP) is 1.06. The number of aliphatic carboxylic acids is 1. The number of Topliss-reactive ketones (excluding diaryl/α,β-unsaturated/α-hetero) is 1. The highest BCUT2D eigenvalue weighted by molar-refractivity contribution is 6.04. The lowest BCUT2D eigenvalue weighted by molar-refractivity contribution is -0.144. The molecule has 1 aliphatic heterocycles. The molecular weight excluding hydrogens is 288 g/mol. The molecule has 7 nitrogen and oxygen atoms in total. The van der Waals surface area contributed by atoms with Gasteiger partial charge in [-0.25, -0.2) is 4.79 Å². The van der Waals surface area contributed by atoms with Crippen LogP contribution in [0.1, 0.15) is 52.4 Å². The summed E-state index contributed by atoms with van der Waals surface area (Å²) < 4.78 is 5.12. The monoisotopic (exact) mass is 308 g/mol. The zero-order valence-corrected chi connectivity index (χ0v) is 12.9. The summed E-state index contributed by atoms with van der Waals surface area (Å²) in [5, 5.41) is 11.9. The Morgan fingerprint density at radius 2 is 2.09 bits per heavy atom. The van der Waals surface area contributed by atoms with Crippen LogP contribution >= 0.6 is 0 Å². The van der Waals surface area contributed by atoms with E-state index in [2.05, 4.69) is 10.3 Å². The summed E-state index contributed by atoms with van der Waals surface area (Å²) in [6.45, 7) is 5.24. The second-order valence-electron chi connectivity index (χ2n) is 5.53. The van der Waals surface area contributed by atoms with Crippen LogP contribution in [-0.4, -0.2) is 46.5 Å². The summed E-state index contributed by atoms with van der Waals surface area (Å²) >= 11 is 0. The minimum absolute atomic E-state index is 0.0607. The van der Waals surface area contributed by atoms with Gasteiger partial charge in [0.15, 0.2) is 11.3 Å². The highest BCUT2D eigenvalue weighted by atomic mass is 16.5. The third-order valence-corrected chi connectivity index (χ3v) is 4.01. The molecular formula is C15H20N2O5. The zero-order chi connectivity index (χ0) is 16.5. The molecule has 0 saturated carbocycles. The van der Waals surface area contributed by atoms with Crippen molar-refractivity contribution < 1.29 is 24.2 Å². The molecule has 0 spiro atoms. The minimum atomic E-state index is -1.41. The van der Waals surface area contributed by atoms with E-state index in [1.54, 1.807) is 6.92 Å². The number of rotatable bonds is 5. The van der Waals surface area contributed by atoms with Gasteiger partial charge in [0.2, 0.25) is 0 Å². The maximum absolute atomic E-state index is 12.5. The van der Waals surface area contributed by atoms with Gasteiger partial charge < -0.3 is 20.1 Å². The first kappa shape index (κ1) is 16.2. The number of ketones is 1. The van der Waals surface area contributed by atoms with Crippen LogP contribution in [0, 0.1) is 6.92 Å². The standard InChI is InChI=1S/C15H20N2O5/c1-4-10-11(9(3)18)8(2)16-12(10)13(19)17-15(14(20)21)5-6-22-7-15/h16H,4-7H2,1-3H3,(H,17,19)(H,20,21). The smallest absolute Gasteiger partial charge is 0.331 e. The molecule has 1 atom stereocenters. The number of carboxylic acids is 1. The van der Waals surface area contributed by atoms with Gasteiger partial charge in [-0.3, -0.25) is 9.59 Å². The van der Waals surface area contributed by atoms with Crippen molar-refractivity contribution in [3.63, 3.8) is 0 Å². The number of nitrogens with one attached hydrogen (secondary N) is 2. The van der Waals surface area contributed by atoms with E-state index in [-0.39, 0.29) is 31.1 Å². The summed E-state index contributed by atoms with van der Waals surface area (Å²) in [6, 6.07) is 0. The van der Waals surface area contributed by atoms with Crippen molar-refractivity contribution >= 4 is 17.7 Å². The molecule has 1 fully saturated rings. The average Bonchev–Trinajstić information content (AvgIpc) is 3.03. The third-order valence-electron chi connectivity index (χ3n) is 4.01. The number of hydrogen-bond acceptors (Lipinski definition) is 4. The SMILES string of the molecule is CCc1c(C(=O)NC2(C(=O)O)CCOC2)[nH]c(C)c1C(C)=O. The van der Waals surface area contributed by atoms with Crippen molar-refractivity contribution in [3.8, 4) is 0 Å². The maximum Gasteiger partial charge on any atom is 0.331 e. The van der Waals surface area contributed by atoms with Crippen molar-refractivity contribution in [3.05, 3.63) is 22.5 Å². The van der Waals surface area contributed by atoms with Gasteiger partial charge in [0, 0.05) is 24.3 Å². The Labute approximate surface area is 128 Å². The van der Waals surface area contributed by atoms with E-state index in [0.29, 0.717) is 23.2 Å². The second-order valence-corrected chi connectivity index (χ2v) is 5.53. The van der Waals surface area contributed by atoms with E-state index in [1.165, 1.54) is 6.92 Å². The summed E-state index contributed by atoms with van der Waals surface area (Å²) in [6.07, 6.45) is 0.716. The molecule has 1 aromatic heterocycles. The number of aryl methyl sites for hydroxylation is 1. The molecule has 0 aromatic carbocycles. The molecule has 1 aliphatic rings. The maximum atomic E-state index is 12.5. The number of ether oxygens (including phenoxy) is 1. The Kier molecular flexibility index (Phi) is 4.37. The van der Waals surface area contributed by atoms with Crippen LogP contribution in [-0.2, 0) is 16.0 Å². The largest absolute Gasteiger partial charge is 0.479 e. The zero-order valence-electron chi connectivity index (χ0n) is 12.9. The number of carboxylic acid groups (broad SMARTS) is 1. The molecule has 1 saturated heterocycles. The second kappa shape index (κ2) is 5.92. The molecule has 7 heteroatoms. The lowest BCUT2D eigenvalue weighted by Crippen LogP contribution is -2.55. The number of aromatic nitrogens is 1. The molecule has 2 rings (SSSR count). The fourth-order valence-corrected chi connectivity index (χ4v) is 2.87. The molecule has 0 radical (unpaired) electrons. The first-order valence-corrected chi connectivity index (χ1v) is 7.18. The molecule has 0 bridgehead atoms. The first-order chi connectivity index (χ1) is 10.3. The Balaban J connectivity index is 2.36. The van der Waals surface area contributed by atoms with Gasteiger partial charge in [0.25, 0.3) is 5.91 Å². The Morgan fingerprint density at radius 3 is 2.55 bits per heavy atom. The van der Waals surface area contributed by atoms with Crippen LogP contribution in [0.2, 0.25) is 0 Å². The van der Waals surface area contributed by atoms with Gasteiger partial charge in [-0.05, 0) is 25.8 Å². The highest BCUT2D eigenvalue weighted by Gasteiger charge is 2.44. The van der Waals surface area contributed by atoms with Crippen molar-refractivity contribution in [2.24, 2.45) is 0 Å². The van der Waals surface area contributed by atoms with E-state index < -0.39 is 17.4 Å². The van der Waals surface area contributed by atoms with Gasteiger partial charge in [0.1, 0.15) is 5.69 Å². The quantitative estimate of drug-likeness (QED) is 0.705. The van der Waals surface area contributed by atoms with Gasteiger partial charge in [0.05, 0.1) is 6.61 Å². The molecule has 1 amide bonds. The van der Waals surface area contributed by atoms with Crippen molar-refractivity contribution in [2.75, 3.05) is 13.2 Å². The van der Waals surface area contributed by atoms with Crippen molar-refractivity contribution in [1.82, 2.24) is 10.3 Å². The summed E-state index contributed by atoms with van der Waals surface area (Å²) in [4.78, 5) is 38.6. The average molecular weight is 308 g/mol. The highest BCUT2D eigenvalue weighted by Crippen LogP contribution is 2.23.